The smallest absolute Gasteiger partial charge is 0.328 e. The number of fused-ring (bicyclic) bond motifs is 3. The molecule has 2 aromatic heterocycles. The van der Waals surface area contributed by atoms with Gasteiger partial charge >= 0.3 is 5.97 Å². The summed E-state index contributed by atoms with van der Waals surface area (Å²) in [6, 6.07) is 7.38. The third kappa shape index (κ3) is 3.81. The summed E-state index contributed by atoms with van der Waals surface area (Å²) in [7, 11) is 1.35. The number of rotatable bonds is 5. The SMILES string of the molecule is COC(=O)C1Cc2c([nH]c3ccccc23)CN1C(=O)CSc1nnc(C2CCCN2)o1. The fourth-order valence-electron chi connectivity index (χ4n) is 4.34. The third-order valence-corrected chi connectivity index (χ3v) is 6.70. The van der Waals surface area contributed by atoms with E-state index in [1.807, 2.05) is 24.3 Å². The average Bonchev–Trinajstić information content (AvgIpc) is 3.55. The molecule has 2 aliphatic rings. The Bertz CT molecular complexity index is 1120. The van der Waals surface area contributed by atoms with Gasteiger partial charge in [-0.2, -0.15) is 0 Å². The summed E-state index contributed by atoms with van der Waals surface area (Å²) in [5.41, 5.74) is 3.01. The molecule has 2 aliphatic heterocycles. The van der Waals surface area contributed by atoms with Gasteiger partial charge in [-0.05, 0) is 31.0 Å². The minimum absolute atomic E-state index is 0.0868. The van der Waals surface area contributed by atoms with E-state index < -0.39 is 12.0 Å². The molecule has 0 spiro atoms. The predicted molar refractivity (Wildman–Crippen MR) is 113 cm³/mol. The summed E-state index contributed by atoms with van der Waals surface area (Å²) in [6.07, 6.45) is 2.46. The molecule has 1 saturated heterocycles. The quantitative estimate of drug-likeness (QED) is 0.458. The summed E-state index contributed by atoms with van der Waals surface area (Å²) >= 11 is 1.19. The lowest BCUT2D eigenvalue weighted by atomic mass is 9.96. The van der Waals surface area contributed by atoms with Crippen molar-refractivity contribution in [3.63, 3.8) is 0 Å². The molecule has 3 aromatic rings. The van der Waals surface area contributed by atoms with Gasteiger partial charge in [0.2, 0.25) is 11.8 Å². The number of carbonyl (C=O) groups is 2. The van der Waals surface area contributed by atoms with Crippen LogP contribution in [0.5, 0.6) is 0 Å². The van der Waals surface area contributed by atoms with E-state index in [9.17, 15) is 9.59 Å². The monoisotopic (exact) mass is 441 g/mol. The average molecular weight is 442 g/mol. The predicted octanol–water partition coefficient (Wildman–Crippen LogP) is 2.19. The van der Waals surface area contributed by atoms with Crippen LogP contribution >= 0.6 is 11.8 Å². The summed E-state index contributed by atoms with van der Waals surface area (Å²) in [4.78, 5) is 30.5. The molecule has 0 bridgehead atoms. The summed E-state index contributed by atoms with van der Waals surface area (Å²) < 4.78 is 10.7. The number of amides is 1. The second-order valence-corrected chi connectivity index (χ2v) is 8.66. The van der Waals surface area contributed by atoms with Gasteiger partial charge < -0.3 is 24.4 Å². The maximum atomic E-state index is 13.1. The Kier molecular flexibility index (Phi) is 5.41. The first-order valence-corrected chi connectivity index (χ1v) is 11.3. The standard InChI is InChI=1S/C21H23N5O4S/c1-29-20(28)17-9-13-12-5-2-3-6-14(12)23-16(13)10-26(17)18(27)11-31-21-25-24-19(30-21)15-7-4-8-22-15/h2-3,5-6,15,17,22-23H,4,7-11H2,1H3. The lowest BCUT2D eigenvalue weighted by Crippen LogP contribution is -2.49. The zero-order valence-electron chi connectivity index (χ0n) is 17.1. The molecule has 1 amide bonds. The van der Waals surface area contributed by atoms with Crippen LogP contribution in [0, 0.1) is 0 Å². The van der Waals surface area contributed by atoms with Gasteiger partial charge in [0.25, 0.3) is 5.22 Å². The Morgan fingerprint density at radius 1 is 1.32 bits per heavy atom. The topological polar surface area (TPSA) is 113 Å². The molecule has 5 rings (SSSR count). The highest BCUT2D eigenvalue weighted by Crippen LogP contribution is 2.32. The van der Waals surface area contributed by atoms with Crippen molar-refractivity contribution in [3.8, 4) is 0 Å². The van der Waals surface area contributed by atoms with Gasteiger partial charge in [0.05, 0.1) is 25.4 Å². The van der Waals surface area contributed by atoms with Crippen LogP contribution in [0.1, 0.15) is 36.0 Å². The fourth-order valence-corrected chi connectivity index (χ4v) is 4.99. The number of para-hydroxylation sites is 1. The molecule has 9 nitrogen and oxygen atoms in total. The molecule has 0 radical (unpaired) electrons. The molecule has 1 fully saturated rings. The van der Waals surface area contributed by atoms with Crippen molar-refractivity contribution < 1.29 is 18.7 Å². The number of hydrogen-bond acceptors (Lipinski definition) is 8. The Labute approximate surface area is 182 Å². The van der Waals surface area contributed by atoms with E-state index in [4.69, 9.17) is 9.15 Å². The number of nitrogens with zero attached hydrogens (tertiary/aromatic N) is 3. The van der Waals surface area contributed by atoms with Crippen LogP contribution < -0.4 is 5.32 Å². The van der Waals surface area contributed by atoms with Gasteiger partial charge in [0.15, 0.2) is 0 Å². The summed E-state index contributed by atoms with van der Waals surface area (Å²) in [6.45, 7) is 1.26. The van der Waals surface area contributed by atoms with E-state index >= 15 is 0 Å². The van der Waals surface area contributed by atoms with E-state index in [2.05, 4.69) is 20.5 Å². The number of ether oxygens (including phenoxy) is 1. The number of aromatic amines is 1. The number of hydrogen-bond donors (Lipinski definition) is 2. The number of thioether (sulfide) groups is 1. The highest BCUT2D eigenvalue weighted by Gasteiger charge is 2.37. The van der Waals surface area contributed by atoms with Crippen molar-refractivity contribution in [2.75, 3.05) is 19.4 Å². The van der Waals surface area contributed by atoms with Crippen molar-refractivity contribution in [2.24, 2.45) is 0 Å². The molecular weight excluding hydrogens is 418 g/mol. The van der Waals surface area contributed by atoms with Crippen molar-refractivity contribution in [1.29, 1.82) is 0 Å². The first-order chi connectivity index (χ1) is 15.1. The molecule has 1 aromatic carbocycles. The zero-order chi connectivity index (χ0) is 21.4. The van der Waals surface area contributed by atoms with E-state index in [0.717, 1.165) is 41.5 Å². The molecule has 2 atom stereocenters. The molecule has 0 aliphatic carbocycles. The zero-order valence-corrected chi connectivity index (χ0v) is 17.9. The Balaban J connectivity index is 1.32. The Morgan fingerprint density at radius 3 is 3.00 bits per heavy atom. The molecule has 4 heterocycles. The summed E-state index contributed by atoms with van der Waals surface area (Å²) in [5, 5.41) is 12.9. The number of nitrogens with one attached hydrogen (secondary N) is 2. The summed E-state index contributed by atoms with van der Waals surface area (Å²) in [5.74, 6) is 0.0636. The van der Waals surface area contributed by atoms with Crippen LogP contribution in [0.2, 0.25) is 0 Å². The molecule has 2 N–H and O–H groups in total. The van der Waals surface area contributed by atoms with Crippen LogP contribution in [0.4, 0.5) is 0 Å². The largest absolute Gasteiger partial charge is 0.467 e. The van der Waals surface area contributed by atoms with Crippen molar-refractivity contribution in [3.05, 3.63) is 41.4 Å². The number of H-pyrrole nitrogens is 1. The van der Waals surface area contributed by atoms with Gasteiger partial charge in [-0.1, -0.05) is 30.0 Å². The Hall–Kier alpha value is -2.85. The van der Waals surface area contributed by atoms with Crippen molar-refractivity contribution >= 4 is 34.5 Å². The fraction of sp³-hybridized carbons (Fsp3) is 0.429. The van der Waals surface area contributed by atoms with Gasteiger partial charge in [0, 0.05) is 23.0 Å². The number of benzene rings is 1. The van der Waals surface area contributed by atoms with Crippen LogP contribution in [-0.4, -0.2) is 57.4 Å². The van der Waals surface area contributed by atoms with E-state index in [1.165, 1.54) is 18.9 Å². The second-order valence-electron chi connectivity index (χ2n) is 7.74. The van der Waals surface area contributed by atoms with Crippen LogP contribution in [0.3, 0.4) is 0 Å². The van der Waals surface area contributed by atoms with E-state index in [0.29, 0.717) is 24.1 Å². The van der Waals surface area contributed by atoms with Gasteiger partial charge in [0.1, 0.15) is 6.04 Å². The normalized spacial score (nSPS) is 20.7. The second kappa shape index (κ2) is 8.35. The number of carbonyl (C=O) groups excluding carboxylic acids is 2. The molecule has 31 heavy (non-hydrogen) atoms. The molecular formula is C21H23N5O4S. The minimum atomic E-state index is -0.661. The van der Waals surface area contributed by atoms with Gasteiger partial charge in [-0.3, -0.25) is 4.79 Å². The van der Waals surface area contributed by atoms with Crippen LogP contribution in [0.15, 0.2) is 33.9 Å². The number of aromatic nitrogens is 3. The maximum Gasteiger partial charge on any atom is 0.328 e. The molecule has 10 heteroatoms. The van der Waals surface area contributed by atoms with Crippen LogP contribution in [0.25, 0.3) is 10.9 Å². The molecule has 2 unspecified atom stereocenters. The number of esters is 1. The minimum Gasteiger partial charge on any atom is -0.467 e. The highest BCUT2D eigenvalue weighted by molar-refractivity contribution is 7.99. The van der Waals surface area contributed by atoms with Crippen LogP contribution in [-0.2, 0) is 27.3 Å². The maximum absolute atomic E-state index is 13.1. The first-order valence-electron chi connectivity index (χ1n) is 10.3. The van der Waals surface area contributed by atoms with Crippen molar-refractivity contribution in [2.45, 2.75) is 43.1 Å². The molecule has 0 saturated carbocycles. The van der Waals surface area contributed by atoms with E-state index in [-0.39, 0.29) is 17.7 Å². The number of methoxy groups -OCH3 is 1. The molecule has 162 valence electrons. The lowest BCUT2D eigenvalue weighted by Gasteiger charge is -2.33. The van der Waals surface area contributed by atoms with E-state index in [1.54, 1.807) is 4.90 Å². The highest BCUT2D eigenvalue weighted by atomic mass is 32.2. The Morgan fingerprint density at radius 2 is 2.19 bits per heavy atom. The lowest BCUT2D eigenvalue weighted by molar-refractivity contribution is -0.153. The van der Waals surface area contributed by atoms with Gasteiger partial charge in [-0.25, -0.2) is 4.79 Å². The van der Waals surface area contributed by atoms with Crippen molar-refractivity contribution in [1.82, 2.24) is 25.4 Å². The third-order valence-electron chi connectivity index (χ3n) is 5.90. The van der Waals surface area contributed by atoms with Gasteiger partial charge in [-0.15, -0.1) is 10.2 Å². The first kappa shape index (κ1) is 20.1.